The van der Waals surface area contributed by atoms with Crippen molar-refractivity contribution in [2.24, 2.45) is 11.1 Å². The third kappa shape index (κ3) is 3.56. The van der Waals surface area contributed by atoms with Crippen LogP contribution in [0.4, 0.5) is 0 Å². The first-order chi connectivity index (χ1) is 7.86. The lowest BCUT2D eigenvalue weighted by Crippen LogP contribution is -2.42. The number of hydrogen-bond acceptors (Lipinski definition) is 3. The van der Waals surface area contributed by atoms with Gasteiger partial charge in [0.2, 0.25) is 0 Å². The van der Waals surface area contributed by atoms with Gasteiger partial charge in [0.15, 0.2) is 5.78 Å². The van der Waals surface area contributed by atoms with Gasteiger partial charge in [0.25, 0.3) is 0 Å². The van der Waals surface area contributed by atoms with E-state index in [9.17, 15) is 4.79 Å². The van der Waals surface area contributed by atoms with Crippen molar-refractivity contribution >= 4 is 5.78 Å². The SMILES string of the molecule is CCOc1cccc(C(=O)C(N)C(C)(C)C)c1. The maximum absolute atomic E-state index is 12.2. The summed E-state index contributed by atoms with van der Waals surface area (Å²) in [7, 11) is 0. The first kappa shape index (κ1) is 13.7. The number of carbonyl (C=O) groups excluding carboxylic acids is 1. The number of hydrogen-bond donors (Lipinski definition) is 1. The molecular formula is C14H21NO2. The molecule has 0 aliphatic carbocycles. The van der Waals surface area contributed by atoms with Gasteiger partial charge in [0.1, 0.15) is 5.75 Å². The second-order valence-electron chi connectivity index (χ2n) is 5.17. The Morgan fingerprint density at radius 1 is 1.41 bits per heavy atom. The molecule has 0 amide bonds. The maximum atomic E-state index is 12.2. The molecule has 0 heterocycles. The van der Waals surface area contributed by atoms with Gasteiger partial charge in [-0.2, -0.15) is 0 Å². The fourth-order valence-corrected chi connectivity index (χ4v) is 1.48. The lowest BCUT2D eigenvalue weighted by Gasteiger charge is -2.25. The number of rotatable bonds is 4. The molecule has 1 aromatic carbocycles. The number of carbonyl (C=O) groups is 1. The van der Waals surface area contributed by atoms with Crippen LogP contribution in [0.5, 0.6) is 5.75 Å². The van der Waals surface area contributed by atoms with Gasteiger partial charge in [-0.3, -0.25) is 4.79 Å². The average Bonchev–Trinajstić information content (AvgIpc) is 2.27. The second kappa shape index (κ2) is 5.32. The summed E-state index contributed by atoms with van der Waals surface area (Å²) in [5.41, 5.74) is 6.33. The highest BCUT2D eigenvalue weighted by molar-refractivity contribution is 6.00. The van der Waals surface area contributed by atoms with E-state index in [0.29, 0.717) is 17.9 Å². The molecule has 0 spiro atoms. The molecule has 17 heavy (non-hydrogen) atoms. The van der Waals surface area contributed by atoms with Crippen molar-refractivity contribution in [1.29, 1.82) is 0 Å². The van der Waals surface area contributed by atoms with Crippen LogP contribution in [0.3, 0.4) is 0 Å². The number of Topliss-reactive ketones (excluding diaryl/α,β-unsaturated/α-hetero) is 1. The van der Waals surface area contributed by atoms with E-state index >= 15 is 0 Å². The van der Waals surface area contributed by atoms with Crippen molar-refractivity contribution in [3.05, 3.63) is 29.8 Å². The Morgan fingerprint density at radius 2 is 2.06 bits per heavy atom. The standard InChI is InChI=1S/C14H21NO2/c1-5-17-11-8-6-7-10(9-11)12(16)13(15)14(2,3)4/h6-9,13H,5,15H2,1-4H3. The predicted octanol–water partition coefficient (Wildman–Crippen LogP) is 2.64. The van der Waals surface area contributed by atoms with Crippen molar-refractivity contribution < 1.29 is 9.53 Å². The molecular weight excluding hydrogens is 214 g/mol. The Bertz CT molecular complexity index is 393. The third-order valence-corrected chi connectivity index (χ3v) is 2.65. The lowest BCUT2D eigenvalue weighted by molar-refractivity contribution is 0.0901. The molecule has 1 aromatic rings. The molecule has 94 valence electrons. The van der Waals surface area contributed by atoms with Crippen LogP contribution in [-0.2, 0) is 0 Å². The largest absolute Gasteiger partial charge is 0.494 e. The summed E-state index contributed by atoms with van der Waals surface area (Å²) in [6, 6.07) is 6.67. The molecule has 0 aliphatic heterocycles. The molecule has 0 aromatic heterocycles. The van der Waals surface area contributed by atoms with Crippen molar-refractivity contribution in [2.45, 2.75) is 33.7 Å². The first-order valence-electron chi connectivity index (χ1n) is 5.89. The van der Waals surface area contributed by atoms with Crippen molar-refractivity contribution in [1.82, 2.24) is 0 Å². The normalized spacial score (nSPS) is 13.2. The summed E-state index contributed by atoms with van der Waals surface area (Å²) in [6.45, 7) is 8.38. The molecule has 2 N–H and O–H groups in total. The van der Waals surface area contributed by atoms with E-state index in [1.165, 1.54) is 0 Å². The van der Waals surface area contributed by atoms with Gasteiger partial charge in [0.05, 0.1) is 12.6 Å². The van der Waals surface area contributed by atoms with Gasteiger partial charge in [-0.1, -0.05) is 32.9 Å². The molecule has 1 rings (SSSR count). The average molecular weight is 235 g/mol. The Hall–Kier alpha value is -1.35. The number of benzene rings is 1. The van der Waals surface area contributed by atoms with Crippen molar-refractivity contribution in [3.63, 3.8) is 0 Å². The zero-order chi connectivity index (χ0) is 13.1. The minimum atomic E-state index is -0.501. The molecule has 0 bridgehead atoms. The third-order valence-electron chi connectivity index (χ3n) is 2.65. The molecule has 0 fully saturated rings. The fourth-order valence-electron chi connectivity index (χ4n) is 1.48. The molecule has 3 heteroatoms. The summed E-state index contributed by atoms with van der Waals surface area (Å²) in [6.07, 6.45) is 0. The highest BCUT2D eigenvalue weighted by Crippen LogP contribution is 2.22. The Labute approximate surface area is 103 Å². The molecule has 0 aliphatic rings. The highest BCUT2D eigenvalue weighted by Gasteiger charge is 2.28. The van der Waals surface area contributed by atoms with Crippen LogP contribution in [0.1, 0.15) is 38.1 Å². The number of nitrogens with two attached hydrogens (primary N) is 1. The van der Waals surface area contributed by atoms with E-state index in [0.717, 1.165) is 0 Å². The summed E-state index contributed by atoms with van der Waals surface area (Å²) >= 11 is 0. The Morgan fingerprint density at radius 3 is 2.59 bits per heavy atom. The number of ketones is 1. The quantitative estimate of drug-likeness (QED) is 0.816. The monoisotopic (exact) mass is 235 g/mol. The number of ether oxygens (including phenoxy) is 1. The van der Waals surface area contributed by atoms with Crippen LogP contribution >= 0.6 is 0 Å². The smallest absolute Gasteiger partial charge is 0.180 e. The van der Waals surface area contributed by atoms with Crippen LogP contribution in [0.15, 0.2) is 24.3 Å². The Kier molecular flexibility index (Phi) is 4.29. The van der Waals surface area contributed by atoms with Crippen LogP contribution in [0.25, 0.3) is 0 Å². The van der Waals surface area contributed by atoms with Crippen LogP contribution in [0.2, 0.25) is 0 Å². The molecule has 0 saturated carbocycles. The predicted molar refractivity (Wildman–Crippen MR) is 69.4 cm³/mol. The summed E-state index contributed by atoms with van der Waals surface area (Å²) < 4.78 is 5.37. The summed E-state index contributed by atoms with van der Waals surface area (Å²) in [4.78, 5) is 12.2. The van der Waals surface area contributed by atoms with E-state index in [1.54, 1.807) is 12.1 Å². The van der Waals surface area contributed by atoms with Crippen molar-refractivity contribution in [2.75, 3.05) is 6.61 Å². The maximum Gasteiger partial charge on any atom is 0.180 e. The van der Waals surface area contributed by atoms with E-state index in [1.807, 2.05) is 39.8 Å². The van der Waals surface area contributed by atoms with Crippen LogP contribution in [-0.4, -0.2) is 18.4 Å². The van der Waals surface area contributed by atoms with E-state index in [4.69, 9.17) is 10.5 Å². The lowest BCUT2D eigenvalue weighted by atomic mass is 9.83. The van der Waals surface area contributed by atoms with Gasteiger partial charge in [-0.05, 0) is 24.5 Å². The van der Waals surface area contributed by atoms with Gasteiger partial charge < -0.3 is 10.5 Å². The first-order valence-corrected chi connectivity index (χ1v) is 5.89. The van der Waals surface area contributed by atoms with Gasteiger partial charge in [0, 0.05) is 5.56 Å². The van der Waals surface area contributed by atoms with Gasteiger partial charge in [-0.15, -0.1) is 0 Å². The van der Waals surface area contributed by atoms with E-state index in [2.05, 4.69) is 0 Å². The Balaban J connectivity index is 2.93. The highest BCUT2D eigenvalue weighted by atomic mass is 16.5. The minimum absolute atomic E-state index is 0.0425. The fraction of sp³-hybridized carbons (Fsp3) is 0.500. The molecule has 3 nitrogen and oxygen atoms in total. The second-order valence-corrected chi connectivity index (χ2v) is 5.17. The minimum Gasteiger partial charge on any atom is -0.494 e. The van der Waals surface area contributed by atoms with Crippen LogP contribution in [0, 0.1) is 5.41 Å². The zero-order valence-electron chi connectivity index (χ0n) is 11.0. The topological polar surface area (TPSA) is 52.3 Å². The summed E-state index contributed by atoms with van der Waals surface area (Å²) in [5, 5.41) is 0. The summed E-state index contributed by atoms with van der Waals surface area (Å²) in [5.74, 6) is 0.665. The van der Waals surface area contributed by atoms with Gasteiger partial charge in [-0.25, -0.2) is 0 Å². The van der Waals surface area contributed by atoms with E-state index in [-0.39, 0.29) is 11.2 Å². The van der Waals surface area contributed by atoms with Gasteiger partial charge >= 0.3 is 0 Å². The van der Waals surface area contributed by atoms with Crippen molar-refractivity contribution in [3.8, 4) is 5.75 Å². The molecule has 0 saturated heterocycles. The van der Waals surface area contributed by atoms with Crippen LogP contribution < -0.4 is 10.5 Å². The molecule has 1 unspecified atom stereocenters. The molecule has 0 radical (unpaired) electrons. The van der Waals surface area contributed by atoms with E-state index < -0.39 is 6.04 Å². The molecule has 1 atom stereocenters. The zero-order valence-corrected chi connectivity index (χ0v) is 11.0.